The van der Waals surface area contributed by atoms with Crippen molar-refractivity contribution in [1.82, 2.24) is 0 Å². The number of hydrogen-bond donors (Lipinski definition) is 0. The Morgan fingerprint density at radius 2 is 1.56 bits per heavy atom. The molecule has 1 aliphatic rings. The summed E-state index contributed by atoms with van der Waals surface area (Å²) in [4.78, 5) is 0. The average molecular weight is 260 g/mol. The molecule has 1 saturated carbocycles. The molecule has 0 saturated heterocycles. The van der Waals surface area contributed by atoms with Crippen molar-refractivity contribution >= 4 is 10.1 Å². The molecule has 0 N–H and O–H groups in total. The van der Waals surface area contributed by atoms with E-state index >= 15 is 0 Å². The first-order chi connectivity index (χ1) is 7.33. The van der Waals surface area contributed by atoms with E-state index in [0.29, 0.717) is 0 Å². The molecule has 1 rings (SSSR count). The summed E-state index contributed by atoms with van der Waals surface area (Å²) < 4.78 is 61.2. The first-order valence-corrected chi connectivity index (χ1v) is 6.69. The van der Waals surface area contributed by atoms with Crippen molar-refractivity contribution in [3.8, 4) is 0 Å². The van der Waals surface area contributed by atoms with Crippen LogP contribution in [-0.2, 0) is 14.3 Å². The van der Waals surface area contributed by atoms with Crippen molar-refractivity contribution in [2.45, 2.75) is 44.0 Å². The molecule has 0 aromatic carbocycles. The first-order valence-electron chi connectivity index (χ1n) is 5.28. The molecule has 7 heteroatoms. The molecule has 0 spiro atoms. The van der Waals surface area contributed by atoms with E-state index in [0.717, 1.165) is 38.5 Å². The lowest BCUT2D eigenvalue weighted by atomic mass is 10.0. The topological polar surface area (TPSA) is 43.4 Å². The smallest absolute Gasteiger partial charge is 0.263 e. The Labute approximate surface area is 93.1 Å². The molecule has 96 valence electrons. The summed E-state index contributed by atoms with van der Waals surface area (Å²) in [7, 11) is -5.41. The van der Waals surface area contributed by atoms with Crippen LogP contribution in [0.15, 0.2) is 0 Å². The Morgan fingerprint density at radius 1 is 1.06 bits per heavy atom. The molecule has 0 unspecified atom stereocenters. The maximum atomic E-state index is 12.0. The molecule has 0 heterocycles. The van der Waals surface area contributed by atoms with Gasteiger partial charge in [0.25, 0.3) is 0 Å². The highest BCUT2D eigenvalue weighted by molar-refractivity contribution is 7.87. The Bertz CT molecular complexity index is 302. The standard InChI is InChI=1S/C9H15F3O3S/c10-9(11,12)16(13,14)15-7-8-5-3-1-2-4-6-8/h8H,1-7H2. The third-order valence-electron chi connectivity index (χ3n) is 2.72. The largest absolute Gasteiger partial charge is 0.523 e. The SMILES string of the molecule is O=S(=O)(OCC1CCCCCC1)C(F)(F)F. The highest BCUT2D eigenvalue weighted by Gasteiger charge is 2.47. The van der Waals surface area contributed by atoms with Gasteiger partial charge in [-0.25, -0.2) is 0 Å². The summed E-state index contributed by atoms with van der Waals surface area (Å²) in [6.07, 6.45) is 5.46. The molecular formula is C9H15F3O3S. The van der Waals surface area contributed by atoms with E-state index in [4.69, 9.17) is 0 Å². The van der Waals surface area contributed by atoms with Crippen LogP contribution in [0.3, 0.4) is 0 Å². The van der Waals surface area contributed by atoms with E-state index in [1.165, 1.54) is 0 Å². The molecule has 0 aromatic heterocycles. The molecule has 0 amide bonds. The van der Waals surface area contributed by atoms with Crippen LogP contribution < -0.4 is 0 Å². The molecule has 0 aliphatic heterocycles. The van der Waals surface area contributed by atoms with Gasteiger partial charge < -0.3 is 0 Å². The van der Waals surface area contributed by atoms with Crippen LogP contribution in [0.25, 0.3) is 0 Å². The van der Waals surface area contributed by atoms with Crippen molar-refractivity contribution in [2.75, 3.05) is 6.61 Å². The summed E-state index contributed by atoms with van der Waals surface area (Å²) >= 11 is 0. The van der Waals surface area contributed by atoms with Crippen molar-refractivity contribution < 1.29 is 25.8 Å². The zero-order valence-electron chi connectivity index (χ0n) is 8.79. The average Bonchev–Trinajstić information content (AvgIpc) is 2.41. The summed E-state index contributed by atoms with van der Waals surface area (Å²) in [6.45, 7) is -0.345. The van der Waals surface area contributed by atoms with E-state index in [1.54, 1.807) is 0 Å². The quantitative estimate of drug-likeness (QED) is 0.445. The van der Waals surface area contributed by atoms with E-state index < -0.39 is 15.6 Å². The minimum atomic E-state index is -5.41. The summed E-state index contributed by atoms with van der Waals surface area (Å²) in [6, 6.07) is 0. The number of hydrogen-bond acceptors (Lipinski definition) is 3. The second-order valence-electron chi connectivity index (χ2n) is 4.04. The van der Waals surface area contributed by atoms with Gasteiger partial charge in [-0.15, -0.1) is 0 Å². The normalized spacial score (nSPS) is 20.7. The van der Waals surface area contributed by atoms with E-state index in [-0.39, 0.29) is 12.5 Å². The van der Waals surface area contributed by atoms with E-state index in [1.807, 2.05) is 0 Å². The van der Waals surface area contributed by atoms with Gasteiger partial charge in [0.1, 0.15) is 0 Å². The Balaban J connectivity index is 2.44. The van der Waals surface area contributed by atoms with Gasteiger partial charge in [-0.2, -0.15) is 21.6 Å². The second kappa shape index (κ2) is 5.35. The molecule has 3 nitrogen and oxygen atoms in total. The van der Waals surface area contributed by atoms with Gasteiger partial charge in [0.05, 0.1) is 6.61 Å². The molecule has 0 atom stereocenters. The van der Waals surface area contributed by atoms with Crippen LogP contribution in [0.5, 0.6) is 0 Å². The Morgan fingerprint density at radius 3 is 2.00 bits per heavy atom. The molecule has 0 aromatic rings. The molecule has 0 radical (unpaired) electrons. The van der Waals surface area contributed by atoms with Crippen LogP contribution in [0.4, 0.5) is 13.2 Å². The lowest BCUT2D eigenvalue weighted by molar-refractivity contribution is -0.0551. The Kier molecular flexibility index (Phi) is 4.61. The minimum Gasteiger partial charge on any atom is -0.263 e. The second-order valence-corrected chi connectivity index (χ2v) is 5.65. The summed E-state index contributed by atoms with van der Waals surface area (Å²) in [5, 5.41) is 0. The van der Waals surface area contributed by atoms with Gasteiger partial charge in [-0.3, -0.25) is 4.18 Å². The van der Waals surface area contributed by atoms with Gasteiger partial charge in [0.2, 0.25) is 0 Å². The fraction of sp³-hybridized carbons (Fsp3) is 1.00. The number of halogens is 3. The van der Waals surface area contributed by atoms with Crippen molar-refractivity contribution in [2.24, 2.45) is 5.92 Å². The number of rotatable bonds is 3. The van der Waals surface area contributed by atoms with Crippen molar-refractivity contribution in [3.63, 3.8) is 0 Å². The maximum absolute atomic E-state index is 12.0. The van der Waals surface area contributed by atoms with Gasteiger partial charge in [-0.05, 0) is 18.8 Å². The van der Waals surface area contributed by atoms with Crippen LogP contribution in [0.1, 0.15) is 38.5 Å². The molecular weight excluding hydrogens is 245 g/mol. The van der Waals surface area contributed by atoms with Gasteiger partial charge in [0.15, 0.2) is 0 Å². The Hall–Kier alpha value is -0.300. The predicted molar refractivity (Wildman–Crippen MR) is 52.1 cm³/mol. The van der Waals surface area contributed by atoms with E-state index in [9.17, 15) is 21.6 Å². The van der Waals surface area contributed by atoms with Crippen LogP contribution in [0.2, 0.25) is 0 Å². The van der Waals surface area contributed by atoms with Crippen molar-refractivity contribution in [1.29, 1.82) is 0 Å². The molecule has 1 fully saturated rings. The molecule has 0 bridgehead atoms. The highest BCUT2D eigenvalue weighted by atomic mass is 32.2. The lowest BCUT2D eigenvalue weighted by Crippen LogP contribution is -2.27. The molecule has 16 heavy (non-hydrogen) atoms. The fourth-order valence-electron chi connectivity index (χ4n) is 1.78. The monoisotopic (exact) mass is 260 g/mol. The highest BCUT2D eigenvalue weighted by Crippen LogP contribution is 2.28. The van der Waals surface area contributed by atoms with Gasteiger partial charge in [0, 0.05) is 0 Å². The maximum Gasteiger partial charge on any atom is 0.523 e. The minimum absolute atomic E-state index is 0.0698. The van der Waals surface area contributed by atoms with E-state index in [2.05, 4.69) is 4.18 Å². The zero-order chi connectivity index (χ0) is 12.2. The predicted octanol–water partition coefficient (Wildman–Crippen LogP) is 2.82. The van der Waals surface area contributed by atoms with Crippen LogP contribution >= 0.6 is 0 Å². The zero-order valence-corrected chi connectivity index (χ0v) is 9.61. The lowest BCUT2D eigenvalue weighted by Gasteiger charge is -2.14. The van der Waals surface area contributed by atoms with Gasteiger partial charge in [-0.1, -0.05) is 25.7 Å². The first kappa shape index (κ1) is 13.8. The third-order valence-corrected chi connectivity index (χ3v) is 3.73. The van der Waals surface area contributed by atoms with Crippen molar-refractivity contribution in [3.05, 3.63) is 0 Å². The van der Waals surface area contributed by atoms with Crippen LogP contribution in [0, 0.1) is 5.92 Å². The van der Waals surface area contributed by atoms with Gasteiger partial charge >= 0.3 is 15.6 Å². The summed E-state index contributed by atoms with van der Waals surface area (Å²) in [5.74, 6) is -0.0698. The number of alkyl halides is 3. The fourth-order valence-corrected chi connectivity index (χ4v) is 2.29. The van der Waals surface area contributed by atoms with Crippen LogP contribution in [-0.4, -0.2) is 20.5 Å². The molecule has 1 aliphatic carbocycles. The summed E-state index contributed by atoms with van der Waals surface area (Å²) in [5.41, 5.74) is -5.31. The third kappa shape index (κ3) is 3.93.